The number of nitro groups is 1. The third kappa shape index (κ3) is 2.41. The van der Waals surface area contributed by atoms with Gasteiger partial charge in [0.2, 0.25) is 5.82 Å². The summed E-state index contributed by atoms with van der Waals surface area (Å²) in [6.45, 7) is 0. The molecule has 96 valence electrons. The van der Waals surface area contributed by atoms with Crippen LogP contribution in [0.4, 0.5) is 11.5 Å². The van der Waals surface area contributed by atoms with Crippen LogP contribution < -0.4 is 5.32 Å². The summed E-state index contributed by atoms with van der Waals surface area (Å²) in [6, 6.07) is 3.19. The lowest BCUT2D eigenvalue weighted by atomic mass is 10.1. The molecule has 0 atom stereocenters. The van der Waals surface area contributed by atoms with E-state index in [9.17, 15) is 10.1 Å². The van der Waals surface area contributed by atoms with Crippen molar-refractivity contribution in [1.29, 1.82) is 0 Å². The predicted octanol–water partition coefficient (Wildman–Crippen LogP) is 3.24. The minimum Gasteiger partial charge on any atom is -0.361 e. The minimum absolute atomic E-state index is 0.00528. The molecule has 0 saturated heterocycles. The van der Waals surface area contributed by atoms with E-state index in [1.807, 2.05) is 0 Å². The molecule has 5 nitrogen and oxygen atoms in total. The summed E-state index contributed by atoms with van der Waals surface area (Å²) >= 11 is 5.82. The van der Waals surface area contributed by atoms with Gasteiger partial charge in [0.05, 0.1) is 4.92 Å². The van der Waals surface area contributed by atoms with Gasteiger partial charge < -0.3 is 5.32 Å². The minimum atomic E-state index is -0.414. The van der Waals surface area contributed by atoms with Crippen molar-refractivity contribution < 1.29 is 4.92 Å². The van der Waals surface area contributed by atoms with E-state index in [-0.39, 0.29) is 10.8 Å². The molecule has 0 spiro atoms. The summed E-state index contributed by atoms with van der Waals surface area (Å²) in [4.78, 5) is 14.6. The molecule has 2 fully saturated rings. The van der Waals surface area contributed by atoms with E-state index in [1.54, 1.807) is 0 Å². The number of hydrogen-bond donors (Lipinski definition) is 1. The highest BCUT2D eigenvalue weighted by Gasteiger charge is 2.42. The Balaban J connectivity index is 1.85. The van der Waals surface area contributed by atoms with E-state index in [2.05, 4.69) is 10.3 Å². The lowest BCUT2D eigenvalue weighted by molar-refractivity contribution is -0.384. The molecule has 6 heteroatoms. The van der Waals surface area contributed by atoms with Gasteiger partial charge in [-0.25, -0.2) is 4.98 Å². The van der Waals surface area contributed by atoms with Gasteiger partial charge in [-0.15, -0.1) is 0 Å². The van der Waals surface area contributed by atoms with E-state index >= 15 is 0 Å². The van der Waals surface area contributed by atoms with Gasteiger partial charge in [0.1, 0.15) is 5.15 Å². The van der Waals surface area contributed by atoms with Crippen LogP contribution >= 0.6 is 11.6 Å². The molecular weight excluding hydrogens is 254 g/mol. The Morgan fingerprint density at radius 2 is 1.94 bits per heavy atom. The Kier molecular flexibility index (Phi) is 2.86. The highest BCUT2D eigenvalue weighted by molar-refractivity contribution is 6.29. The standard InChI is InChI=1S/C12H14ClN3O2/c13-10-6-5-9(16(17)18)12(14-10)15-11(7-1-2-7)8-3-4-8/h5-8,11H,1-4H2,(H,14,15). The molecular formula is C12H14ClN3O2. The van der Waals surface area contributed by atoms with Crippen LogP contribution in [0.5, 0.6) is 0 Å². The van der Waals surface area contributed by atoms with Gasteiger partial charge in [0.15, 0.2) is 0 Å². The van der Waals surface area contributed by atoms with Gasteiger partial charge in [0.25, 0.3) is 0 Å². The van der Waals surface area contributed by atoms with Gasteiger partial charge in [0, 0.05) is 12.1 Å². The average molecular weight is 268 g/mol. The first-order valence-electron chi connectivity index (χ1n) is 6.22. The van der Waals surface area contributed by atoms with Crippen LogP contribution in [0.2, 0.25) is 5.15 Å². The topological polar surface area (TPSA) is 68.1 Å². The van der Waals surface area contributed by atoms with E-state index in [0.29, 0.717) is 23.7 Å². The fraction of sp³-hybridized carbons (Fsp3) is 0.583. The second-order valence-electron chi connectivity index (χ2n) is 5.10. The fourth-order valence-corrected chi connectivity index (χ4v) is 2.52. The molecule has 0 aromatic carbocycles. The van der Waals surface area contributed by atoms with Gasteiger partial charge in [-0.2, -0.15) is 0 Å². The smallest absolute Gasteiger partial charge is 0.311 e. The molecule has 0 unspecified atom stereocenters. The molecule has 0 bridgehead atoms. The van der Waals surface area contributed by atoms with Crippen LogP contribution in [0.3, 0.4) is 0 Å². The monoisotopic (exact) mass is 267 g/mol. The van der Waals surface area contributed by atoms with Gasteiger partial charge in [-0.1, -0.05) is 11.6 Å². The maximum atomic E-state index is 11.0. The zero-order chi connectivity index (χ0) is 12.7. The molecule has 1 aromatic rings. The molecule has 2 saturated carbocycles. The van der Waals surface area contributed by atoms with E-state index < -0.39 is 4.92 Å². The van der Waals surface area contributed by atoms with Crippen molar-refractivity contribution in [2.45, 2.75) is 31.7 Å². The Labute approximate surface area is 110 Å². The molecule has 0 radical (unpaired) electrons. The van der Waals surface area contributed by atoms with Crippen molar-refractivity contribution in [3.63, 3.8) is 0 Å². The molecule has 1 N–H and O–H groups in total. The summed E-state index contributed by atoms with van der Waals surface area (Å²) < 4.78 is 0. The van der Waals surface area contributed by atoms with Crippen LogP contribution in [0.25, 0.3) is 0 Å². The normalized spacial score (nSPS) is 19.0. The van der Waals surface area contributed by atoms with Crippen molar-refractivity contribution in [3.8, 4) is 0 Å². The number of anilines is 1. The SMILES string of the molecule is O=[N+]([O-])c1ccc(Cl)nc1NC(C1CC1)C1CC1. The third-order valence-corrected chi connectivity index (χ3v) is 3.81. The Morgan fingerprint density at radius 1 is 1.33 bits per heavy atom. The van der Waals surface area contributed by atoms with Crippen molar-refractivity contribution in [2.75, 3.05) is 5.32 Å². The number of nitrogens with one attached hydrogen (secondary N) is 1. The Bertz CT molecular complexity index is 474. The zero-order valence-corrected chi connectivity index (χ0v) is 10.6. The summed E-state index contributed by atoms with van der Waals surface area (Å²) in [6.07, 6.45) is 4.84. The summed E-state index contributed by atoms with van der Waals surface area (Å²) in [5.74, 6) is 1.62. The van der Waals surface area contributed by atoms with Crippen LogP contribution in [-0.4, -0.2) is 15.9 Å². The van der Waals surface area contributed by atoms with Gasteiger partial charge in [-0.3, -0.25) is 10.1 Å². The first-order valence-corrected chi connectivity index (χ1v) is 6.60. The number of pyridine rings is 1. The predicted molar refractivity (Wildman–Crippen MR) is 68.8 cm³/mol. The Morgan fingerprint density at radius 3 is 2.44 bits per heavy atom. The van der Waals surface area contributed by atoms with Crippen molar-refractivity contribution in [3.05, 3.63) is 27.4 Å². The maximum absolute atomic E-state index is 11.0. The number of aromatic nitrogens is 1. The van der Waals surface area contributed by atoms with Gasteiger partial charge >= 0.3 is 5.69 Å². The second kappa shape index (κ2) is 4.39. The molecule has 1 aromatic heterocycles. The maximum Gasteiger partial charge on any atom is 0.311 e. The summed E-state index contributed by atoms with van der Waals surface area (Å²) in [5.41, 5.74) is 0.00528. The fourth-order valence-electron chi connectivity index (χ4n) is 2.37. The second-order valence-corrected chi connectivity index (χ2v) is 5.49. The molecule has 18 heavy (non-hydrogen) atoms. The highest BCUT2D eigenvalue weighted by atomic mass is 35.5. The molecule has 2 aliphatic carbocycles. The van der Waals surface area contributed by atoms with E-state index in [1.165, 1.54) is 37.8 Å². The largest absolute Gasteiger partial charge is 0.361 e. The van der Waals surface area contributed by atoms with Crippen LogP contribution in [0.15, 0.2) is 12.1 Å². The van der Waals surface area contributed by atoms with Crippen LogP contribution in [-0.2, 0) is 0 Å². The number of halogens is 1. The third-order valence-electron chi connectivity index (χ3n) is 3.60. The first-order chi connectivity index (χ1) is 8.65. The van der Waals surface area contributed by atoms with Crippen LogP contribution in [0, 0.1) is 22.0 Å². The molecule has 2 aliphatic rings. The zero-order valence-electron chi connectivity index (χ0n) is 9.80. The number of rotatable bonds is 5. The molecule has 0 amide bonds. The van der Waals surface area contributed by atoms with Crippen LogP contribution in [0.1, 0.15) is 25.7 Å². The first kappa shape index (κ1) is 11.7. The quantitative estimate of drug-likeness (QED) is 0.505. The van der Waals surface area contributed by atoms with Crippen molar-refractivity contribution in [2.24, 2.45) is 11.8 Å². The molecule has 3 rings (SSSR count). The van der Waals surface area contributed by atoms with Gasteiger partial charge in [-0.05, 0) is 43.6 Å². The molecule has 0 aliphatic heterocycles. The lowest BCUT2D eigenvalue weighted by Crippen LogP contribution is -2.25. The molecule has 1 heterocycles. The van der Waals surface area contributed by atoms with Crippen molar-refractivity contribution in [1.82, 2.24) is 4.98 Å². The van der Waals surface area contributed by atoms with E-state index in [0.717, 1.165) is 0 Å². The highest BCUT2D eigenvalue weighted by Crippen LogP contribution is 2.46. The lowest BCUT2D eigenvalue weighted by Gasteiger charge is -2.18. The average Bonchev–Trinajstić information content (AvgIpc) is 3.17. The number of nitrogens with zero attached hydrogens (tertiary/aromatic N) is 2. The van der Waals surface area contributed by atoms with E-state index in [4.69, 9.17) is 11.6 Å². The Hall–Kier alpha value is -1.36. The number of hydrogen-bond acceptors (Lipinski definition) is 4. The summed E-state index contributed by atoms with van der Waals surface area (Å²) in [7, 11) is 0. The van der Waals surface area contributed by atoms with Crippen molar-refractivity contribution >= 4 is 23.1 Å². The summed E-state index contributed by atoms with van der Waals surface area (Å²) in [5, 5.41) is 14.5.